The first-order chi connectivity index (χ1) is 5.47. The maximum Gasteiger partial charge on any atom is -0.00723 e. The molecule has 0 amide bonds. The third-order valence-corrected chi connectivity index (χ3v) is 0.894. The third-order valence-electron chi connectivity index (χ3n) is 0.894. The van der Waals surface area contributed by atoms with Gasteiger partial charge in [-0.05, 0) is 18.4 Å². The number of hydrogen-bond acceptors (Lipinski definition) is 1. The Balaban J connectivity index is -0.000000137. The standard InChI is InChI=1S/C6H15N.C3H8.C2H6/c1-6(2,3)4-5-7;1-3-2;1-2/h4-5,7H2,1-3H3;3H2,1-2H3;1-2H3. The van der Waals surface area contributed by atoms with Crippen molar-refractivity contribution >= 4 is 0 Å². The number of nitrogens with two attached hydrogens (primary N) is 1. The highest BCUT2D eigenvalue weighted by Gasteiger charge is 2.06. The van der Waals surface area contributed by atoms with E-state index in [4.69, 9.17) is 5.73 Å². The second-order valence-electron chi connectivity index (χ2n) is 3.81. The van der Waals surface area contributed by atoms with Crippen molar-refractivity contribution in [2.45, 2.75) is 61.3 Å². The van der Waals surface area contributed by atoms with Crippen molar-refractivity contribution in [2.24, 2.45) is 11.1 Å². The second-order valence-corrected chi connectivity index (χ2v) is 3.81. The highest BCUT2D eigenvalue weighted by atomic mass is 14.5. The van der Waals surface area contributed by atoms with Gasteiger partial charge in [0.25, 0.3) is 0 Å². The van der Waals surface area contributed by atoms with Gasteiger partial charge >= 0.3 is 0 Å². The summed E-state index contributed by atoms with van der Waals surface area (Å²) in [7, 11) is 0. The van der Waals surface area contributed by atoms with Crippen molar-refractivity contribution < 1.29 is 0 Å². The van der Waals surface area contributed by atoms with Crippen LogP contribution >= 0.6 is 0 Å². The molecule has 0 spiro atoms. The summed E-state index contributed by atoms with van der Waals surface area (Å²) >= 11 is 0. The van der Waals surface area contributed by atoms with Gasteiger partial charge in [0, 0.05) is 0 Å². The molecule has 0 radical (unpaired) electrons. The molecule has 1 heteroatoms. The van der Waals surface area contributed by atoms with Crippen molar-refractivity contribution in [3.05, 3.63) is 0 Å². The summed E-state index contributed by atoms with van der Waals surface area (Å²) in [5.41, 5.74) is 5.74. The second kappa shape index (κ2) is 13.5. The molecule has 0 saturated heterocycles. The number of hydrogen-bond donors (Lipinski definition) is 1. The predicted octanol–water partition coefficient (Wildman–Crippen LogP) is 3.82. The molecule has 0 bridgehead atoms. The summed E-state index contributed by atoms with van der Waals surface area (Å²) in [4.78, 5) is 0. The summed E-state index contributed by atoms with van der Waals surface area (Å²) in [5.74, 6) is 0. The lowest BCUT2D eigenvalue weighted by Gasteiger charge is -2.15. The quantitative estimate of drug-likeness (QED) is 0.644. The highest BCUT2D eigenvalue weighted by Crippen LogP contribution is 2.15. The van der Waals surface area contributed by atoms with Crippen molar-refractivity contribution in [3.8, 4) is 0 Å². The molecule has 0 aromatic rings. The summed E-state index contributed by atoms with van der Waals surface area (Å²) in [6.07, 6.45) is 2.37. The van der Waals surface area contributed by atoms with E-state index in [-0.39, 0.29) is 0 Å². The van der Waals surface area contributed by atoms with Crippen LogP contribution in [0.15, 0.2) is 0 Å². The topological polar surface area (TPSA) is 26.0 Å². The lowest BCUT2D eigenvalue weighted by atomic mass is 9.93. The maximum absolute atomic E-state index is 5.31. The summed E-state index contributed by atoms with van der Waals surface area (Å²) in [6.45, 7) is 15.6. The normalized spacial score (nSPS) is 9.00. The van der Waals surface area contributed by atoms with E-state index in [2.05, 4.69) is 34.6 Å². The zero-order valence-electron chi connectivity index (χ0n) is 10.2. The summed E-state index contributed by atoms with van der Waals surface area (Å²) < 4.78 is 0. The largest absolute Gasteiger partial charge is 0.330 e. The van der Waals surface area contributed by atoms with E-state index in [9.17, 15) is 0 Å². The van der Waals surface area contributed by atoms with Crippen LogP contribution in [0.1, 0.15) is 61.3 Å². The summed E-state index contributed by atoms with van der Waals surface area (Å²) in [6, 6.07) is 0. The first-order valence-corrected chi connectivity index (χ1v) is 5.18. The molecular formula is C11H29N. The van der Waals surface area contributed by atoms with Gasteiger partial charge in [-0.2, -0.15) is 0 Å². The molecule has 12 heavy (non-hydrogen) atoms. The van der Waals surface area contributed by atoms with Crippen molar-refractivity contribution in [3.63, 3.8) is 0 Å². The molecule has 0 aliphatic carbocycles. The minimum atomic E-state index is 0.425. The van der Waals surface area contributed by atoms with Gasteiger partial charge in [-0.1, -0.05) is 54.9 Å². The van der Waals surface area contributed by atoms with Gasteiger partial charge in [-0.3, -0.25) is 0 Å². The van der Waals surface area contributed by atoms with E-state index in [0.29, 0.717) is 5.41 Å². The monoisotopic (exact) mass is 175 g/mol. The molecular weight excluding hydrogens is 146 g/mol. The number of rotatable bonds is 1. The average Bonchev–Trinajstić information content (AvgIpc) is 1.91. The lowest BCUT2D eigenvalue weighted by molar-refractivity contribution is 0.385. The average molecular weight is 175 g/mol. The Hall–Kier alpha value is -0.0400. The smallest absolute Gasteiger partial charge is 0.00723 e. The Morgan fingerprint density at radius 3 is 1.25 bits per heavy atom. The van der Waals surface area contributed by atoms with E-state index in [1.807, 2.05) is 13.8 Å². The minimum Gasteiger partial charge on any atom is -0.330 e. The fraction of sp³-hybridized carbons (Fsp3) is 1.00. The Bertz CT molecular complexity index is 52.5. The highest BCUT2D eigenvalue weighted by molar-refractivity contribution is 4.60. The minimum absolute atomic E-state index is 0.425. The molecule has 0 fully saturated rings. The molecule has 0 rings (SSSR count). The predicted molar refractivity (Wildman–Crippen MR) is 60.4 cm³/mol. The van der Waals surface area contributed by atoms with E-state index in [1.54, 1.807) is 0 Å². The molecule has 0 atom stereocenters. The van der Waals surface area contributed by atoms with Gasteiger partial charge in [-0.25, -0.2) is 0 Å². The van der Waals surface area contributed by atoms with Gasteiger partial charge in [0.2, 0.25) is 0 Å². The first-order valence-electron chi connectivity index (χ1n) is 5.18. The van der Waals surface area contributed by atoms with Crippen molar-refractivity contribution in [1.82, 2.24) is 0 Å². The molecule has 0 unspecified atom stereocenters. The van der Waals surface area contributed by atoms with Crippen molar-refractivity contribution in [1.29, 1.82) is 0 Å². The van der Waals surface area contributed by atoms with Crippen LogP contribution in [-0.4, -0.2) is 6.54 Å². The molecule has 0 saturated carbocycles. The van der Waals surface area contributed by atoms with E-state index in [0.717, 1.165) is 13.0 Å². The van der Waals surface area contributed by atoms with Gasteiger partial charge in [0.15, 0.2) is 0 Å². The molecule has 0 aliphatic heterocycles. The van der Waals surface area contributed by atoms with Crippen LogP contribution in [-0.2, 0) is 0 Å². The molecule has 78 valence electrons. The SMILES string of the molecule is CC.CC(C)(C)CCN.CCC. The van der Waals surface area contributed by atoms with Gasteiger partial charge in [0.1, 0.15) is 0 Å². The van der Waals surface area contributed by atoms with E-state index >= 15 is 0 Å². The molecule has 1 nitrogen and oxygen atoms in total. The van der Waals surface area contributed by atoms with Gasteiger partial charge in [-0.15, -0.1) is 0 Å². The van der Waals surface area contributed by atoms with Crippen LogP contribution in [0.25, 0.3) is 0 Å². The van der Waals surface area contributed by atoms with Crippen molar-refractivity contribution in [2.75, 3.05) is 6.54 Å². The molecule has 0 aromatic heterocycles. The van der Waals surface area contributed by atoms with Gasteiger partial charge < -0.3 is 5.73 Å². The third kappa shape index (κ3) is 51.0. The fourth-order valence-electron chi connectivity index (χ4n) is 0.433. The van der Waals surface area contributed by atoms with E-state index in [1.165, 1.54) is 6.42 Å². The van der Waals surface area contributed by atoms with Crippen LogP contribution in [0.4, 0.5) is 0 Å². The molecule has 0 aromatic carbocycles. The zero-order chi connectivity index (χ0) is 10.6. The molecule has 2 N–H and O–H groups in total. The van der Waals surface area contributed by atoms with Crippen LogP contribution in [0.2, 0.25) is 0 Å². The fourth-order valence-corrected chi connectivity index (χ4v) is 0.433. The van der Waals surface area contributed by atoms with Crippen LogP contribution in [0.3, 0.4) is 0 Å². The first kappa shape index (κ1) is 17.9. The molecule has 0 aliphatic rings. The van der Waals surface area contributed by atoms with Crippen LogP contribution < -0.4 is 5.73 Å². The van der Waals surface area contributed by atoms with E-state index < -0.39 is 0 Å². The lowest BCUT2D eigenvalue weighted by Crippen LogP contribution is -2.12. The van der Waals surface area contributed by atoms with Gasteiger partial charge in [0.05, 0.1) is 0 Å². The Kier molecular flexibility index (Phi) is 20.2. The van der Waals surface area contributed by atoms with Crippen LogP contribution in [0, 0.1) is 5.41 Å². The zero-order valence-corrected chi connectivity index (χ0v) is 10.2. The van der Waals surface area contributed by atoms with Crippen LogP contribution in [0.5, 0.6) is 0 Å². The Labute approximate surface area is 79.7 Å². The Morgan fingerprint density at radius 2 is 1.25 bits per heavy atom. The maximum atomic E-state index is 5.31. The molecule has 0 heterocycles. The summed E-state index contributed by atoms with van der Waals surface area (Å²) in [5, 5.41) is 0. The Morgan fingerprint density at radius 1 is 1.00 bits per heavy atom.